The van der Waals surface area contributed by atoms with Crippen LogP contribution in [0.15, 0.2) is 6.07 Å². The van der Waals surface area contributed by atoms with E-state index >= 15 is 0 Å². The molecule has 0 saturated carbocycles. The van der Waals surface area contributed by atoms with Gasteiger partial charge in [0.15, 0.2) is 0 Å². The van der Waals surface area contributed by atoms with Gasteiger partial charge in [-0.15, -0.1) is 0 Å². The van der Waals surface area contributed by atoms with Gasteiger partial charge < -0.3 is 10.2 Å². The number of amides is 1. The number of carbonyl (C=O) groups is 1. The van der Waals surface area contributed by atoms with Crippen molar-refractivity contribution >= 4 is 11.9 Å². The Balaban J connectivity index is 2.06. The van der Waals surface area contributed by atoms with Crippen LogP contribution in [0.3, 0.4) is 0 Å². The van der Waals surface area contributed by atoms with Crippen molar-refractivity contribution in [1.82, 2.24) is 15.3 Å². The Morgan fingerprint density at radius 1 is 1.50 bits per heavy atom. The molecule has 0 radical (unpaired) electrons. The third-order valence-corrected chi connectivity index (χ3v) is 3.39. The Morgan fingerprint density at radius 2 is 2.20 bits per heavy atom. The molecule has 6 nitrogen and oxygen atoms in total. The van der Waals surface area contributed by atoms with Gasteiger partial charge in [0.05, 0.1) is 12.0 Å². The minimum absolute atomic E-state index is 0.0550. The van der Waals surface area contributed by atoms with E-state index in [1.807, 2.05) is 26.0 Å². The average molecular weight is 273 g/mol. The van der Waals surface area contributed by atoms with Crippen LogP contribution in [0, 0.1) is 31.1 Å². The Hall–Kier alpha value is -2.16. The SMILES string of the molecule is Cc1cc(C)nc(N2CCCC(C(=O)NCC#N)C2)n1. The molecular weight excluding hydrogens is 254 g/mol. The van der Waals surface area contributed by atoms with Gasteiger partial charge in [0, 0.05) is 24.5 Å². The highest BCUT2D eigenvalue weighted by Crippen LogP contribution is 2.21. The molecule has 6 heteroatoms. The number of piperidine rings is 1. The van der Waals surface area contributed by atoms with E-state index in [-0.39, 0.29) is 18.4 Å². The number of nitriles is 1. The van der Waals surface area contributed by atoms with Gasteiger partial charge in [0.1, 0.15) is 6.54 Å². The monoisotopic (exact) mass is 273 g/mol. The molecule has 0 spiro atoms. The summed E-state index contributed by atoms with van der Waals surface area (Å²) >= 11 is 0. The van der Waals surface area contributed by atoms with Crippen molar-refractivity contribution in [3.05, 3.63) is 17.5 Å². The zero-order chi connectivity index (χ0) is 14.5. The summed E-state index contributed by atoms with van der Waals surface area (Å²) in [7, 11) is 0. The number of carbonyl (C=O) groups excluding carboxylic acids is 1. The number of hydrogen-bond donors (Lipinski definition) is 1. The van der Waals surface area contributed by atoms with Crippen LogP contribution < -0.4 is 10.2 Å². The maximum atomic E-state index is 11.9. The summed E-state index contributed by atoms with van der Waals surface area (Å²) < 4.78 is 0. The summed E-state index contributed by atoms with van der Waals surface area (Å²) in [6, 6.07) is 3.86. The second-order valence-electron chi connectivity index (χ2n) is 5.11. The molecule has 1 aliphatic rings. The minimum atomic E-state index is -0.0958. The van der Waals surface area contributed by atoms with Crippen molar-refractivity contribution in [1.29, 1.82) is 5.26 Å². The van der Waals surface area contributed by atoms with Gasteiger partial charge in [-0.3, -0.25) is 4.79 Å². The van der Waals surface area contributed by atoms with Crippen LogP contribution in [-0.4, -0.2) is 35.5 Å². The van der Waals surface area contributed by atoms with E-state index < -0.39 is 0 Å². The fraction of sp³-hybridized carbons (Fsp3) is 0.571. The van der Waals surface area contributed by atoms with Gasteiger partial charge in [-0.05, 0) is 32.8 Å². The first-order valence-corrected chi connectivity index (χ1v) is 6.82. The van der Waals surface area contributed by atoms with Gasteiger partial charge in [-0.1, -0.05) is 0 Å². The molecule has 1 fully saturated rings. The molecule has 0 aliphatic carbocycles. The third-order valence-electron chi connectivity index (χ3n) is 3.39. The normalized spacial score (nSPS) is 18.4. The van der Waals surface area contributed by atoms with E-state index in [4.69, 9.17) is 5.26 Å². The molecule has 2 rings (SSSR count). The molecule has 106 valence electrons. The molecular formula is C14H19N5O. The van der Waals surface area contributed by atoms with E-state index in [1.165, 1.54) is 0 Å². The lowest BCUT2D eigenvalue weighted by molar-refractivity contribution is -0.125. The average Bonchev–Trinajstić information content (AvgIpc) is 2.44. The molecule has 1 aromatic heterocycles. The Labute approximate surface area is 118 Å². The Morgan fingerprint density at radius 3 is 2.85 bits per heavy atom. The maximum Gasteiger partial charge on any atom is 0.225 e. The summed E-state index contributed by atoms with van der Waals surface area (Å²) in [4.78, 5) is 22.9. The van der Waals surface area contributed by atoms with Crippen molar-refractivity contribution in [3.63, 3.8) is 0 Å². The van der Waals surface area contributed by atoms with Gasteiger partial charge in [-0.25, -0.2) is 9.97 Å². The zero-order valence-electron chi connectivity index (χ0n) is 11.9. The van der Waals surface area contributed by atoms with Crippen molar-refractivity contribution in [2.45, 2.75) is 26.7 Å². The van der Waals surface area contributed by atoms with E-state index in [0.29, 0.717) is 12.5 Å². The molecule has 0 bridgehead atoms. The first kappa shape index (κ1) is 14.3. The predicted molar refractivity (Wildman–Crippen MR) is 75.1 cm³/mol. The molecule has 2 heterocycles. The second-order valence-corrected chi connectivity index (χ2v) is 5.11. The highest BCUT2D eigenvalue weighted by Gasteiger charge is 2.27. The zero-order valence-corrected chi connectivity index (χ0v) is 11.9. The van der Waals surface area contributed by atoms with Crippen LogP contribution in [0.2, 0.25) is 0 Å². The molecule has 20 heavy (non-hydrogen) atoms. The van der Waals surface area contributed by atoms with E-state index in [0.717, 1.165) is 30.8 Å². The summed E-state index contributed by atoms with van der Waals surface area (Å²) in [5.74, 6) is 0.544. The standard InChI is InChI=1S/C14H19N5O/c1-10-8-11(2)18-14(17-10)19-7-3-4-12(9-19)13(20)16-6-5-15/h8,12H,3-4,6-7,9H2,1-2H3,(H,16,20). The summed E-state index contributed by atoms with van der Waals surface area (Å²) in [6.45, 7) is 5.43. The number of anilines is 1. The van der Waals surface area contributed by atoms with Crippen LogP contribution in [0.5, 0.6) is 0 Å². The number of hydrogen-bond acceptors (Lipinski definition) is 5. The van der Waals surface area contributed by atoms with Crippen molar-refractivity contribution in [2.75, 3.05) is 24.5 Å². The first-order chi connectivity index (χ1) is 9.60. The molecule has 1 aliphatic heterocycles. The molecule has 1 amide bonds. The first-order valence-electron chi connectivity index (χ1n) is 6.82. The number of rotatable bonds is 3. The number of nitrogens with zero attached hydrogens (tertiary/aromatic N) is 4. The van der Waals surface area contributed by atoms with Gasteiger partial charge in [0.25, 0.3) is 0 Å². The second kappa shape index (κ2) is 6.33. The topological polar surface area (TPSA) is 81.9 Å². The summed E-state index contributed by atoms with van der Waals surface area (Å²) in [5, 5.41) is 11.1. The quantitative estimate of drug-likeness (QED) is 0.829. The van der Waals surface area contributed by atoms with Crippen molar-refractivity contribution in [3.8, 4) is 6.07 Å². The molecule has 1 atom stereocenters. The number of nitrogens with one attached hydrogen (secondary N) is 1. The van der Waals surface area contributed by atoms with Crippen LogP contribution in [0.25, 0.3) is 0 Å². The largest absolute Gasteiger partial charge is 0.343 e. The van der Waals surface area contributed by atoms with Crippen LogP contribution >= 0.6 is 0 Å². The highest BCUT2D eigenvalue weighted by atomic mass is 16.1. The molecule has 1 N–H and O–H groups in total. The summed E-state index contributed by atoms with van der Waals surface area (Å²) in [5.41, 5.74) is 1.87. The summed E-state index contributed by atoms with van der Waals surface area (Å²) in [6.07, 6.45) is 1.78. The van der Waals surface area contributed by atoms with Gasteiger partial charge in [0.2, 0.25) is 11.9 Å². The van der Waals surface area contributed by atoms with E-state index in [1.54, 1.807) is 0 Å². The lowest BCUT2D eigenvalue weighted by Crippen LogP contribution is -2.43. The predicted octanol–water partition coefficient (Wildman–Crippen LogP) is 0.950. The van der Waals surface area contributed by atoms with Gasteiger partial charge >= 0.3 is 0 Å². The van der Waals surface area contributed by atoms with Crippen molar-refractivity contribution in [2.24, 2.45) is 5.92 Å². The molecule has 0 aromatic carbocycles. The van der Waals surface area contributed by atoms with Gasteiger partial charge in [-0.2, -0.15) is 5.26 Å². The smallest absolute Gasteiger partial charge is 0.225 e. The van der Waals surface area contributed by atoms with E-state index in [9.17, 15) is 4.79 Å². The highest BCUT2D eigenvalue weighted by molar-refractivity contribution is 5.79. The molecule has 1 unspecified atom stereocenters. The fourth-order valence-corrected chi connectivity index (χ4v) is 2.49. The fourth-order valence-electron chi connectivity index (χ4n) is 2.49. The maximum absolute atomic E-state index is 11.9. The molecule has 1 aromatic rings. The lowest BCUT2D eigenvalue weighted by Gasteiger charge is -2.32. The Bertz CT molecular complexity index is 517. The number of aryl methyl sites for hydroxylation is 2. The third kappa shape index (κ3) is 3.44. The molecule has 1 saturated heterocycles. The van der Waals surface area contributed by atoms with Crippen LogP contribution in [0.1, 0.15) is 24.2 Å². The minimum Gasteiger partial charge on any atom is -0.343 e. The van der Waals surface area contributed by atoms with E-state index in [2.05, 4.69) is 20.2 Å². The lowest BCUT2D eigenvalue weighted by atomic mass is 9.97. The Kier molecular flexibility index (Phi) is 4.51. The number of aromatic nitrogens is 2. The van der Waals surface area contributed by atoms with Crippen LogP contribution in [-0.2, 0) is 4.79 Å². The van der Waals surface area contributed by atoms with Crippen LogP contribution in [0.4, 0.5) is 5.95 Å². The van der Waals surface area contributed by atoms with Crippen molar-refractivity contribution < 1.29 is 4.79 Å².